The molecule has 202 valence electrons. The number of carbonyl (C=O) groups is 2. The standard InChI is InChI=1S/C29H35N3O5S/c1-5-27(29(34)30-6-2)31(20-23-12-10-11-22(3)19-23)28(33)21-32(24-13-8-7-9-14-24)38(35,36)26-17-15-25(37-4)16-18-26/h7-19,27H,5-6,20-21H2,1-4H3,(H,30,34). The van der Waals surface area contributed by atoms with Crippen LogP contribution in [0.3, 0.4) is 0 Å². The second kappa shape index (κ2) is 13.1. The van der Waals surface area contributed by atoms with Crippen LogP contribution in [0, 0.1) is 6.92 Å². The van der Waals surface area contributed by atoms with Gasteiger partial charge in [0.1, 0.15) is 18.3 Å². The molecule has 1 N–H and O–H groups in total. The van der Waals surface area contributed by atoms with Gasteiger partial charge in [-0.05, 0) is 62.2 Å². The molecule has 8 nitrogen and oxygen atoms in total. The maximum atomic E-state index is 13.9. The molecule has 0 aliphatic carbocycles. The third-order valence-electron chi connectivity index (χ3n) is 6.14. The lowest BCUT2D eigenvalue weighted by atomic mass is 10.1. The van der Waals surface area contributed by atoms with Gasteiger partial charge in [0.2, 0.25) is 11.8 Å². The molecule has 0 bridgehead atoms. The molecule has 0 aliphatic heterocycles. The molecule has 0 aromatic heterocycles. The number of sulfonamides is 1. The summed E-state index contributed by atoms with van der Waals surface area (Å²) in [6, 6.07) is 21.4. The molecule has 0 spiro atoms. The first-order valence-electron chi connectivity index (χ1n) is 12.6. The molecule has 0 heterocycles. The van der Waals surface area contributed by atoms with Crippen LogP contribution < -0.4 is 14.4 Å². The summed E-state index contributed by atoms with van der Waals surface area (Å²) in [4.78, 5) is 28.4. The van der Waals surface area contributed by atoms with E-state index in [2.05, 4.69) is 5.32 Å². The zero-order valence-corrected chi connectivity index (χ0v) is 23.1. The number of rotatable bonds is 12. The fraction of sp³-hybridized carbons (Fsp3) is 0.310. The molecular formula is C29H35N3O5S. The van der Waals surface area contributed by atoms with Gasteiger partial charge in [-0.25, -0.2) is 8.42 Å². The van der Waals surface area contributed by atoms with Gasteiger partial charge in [-0.2, -0.15) is 0 Å². The van der Waals surface area contributed by atoms with E-state index < -0.39 is 28.5 Å². The quantitative estimate of drug-likeness (QED) is 0.375. The topological polar surface area (TPSA) is 96.0 Å². The number of likely N-dealkylation sites (N-methyl/N-ethyl adjacent to an activating group) is 1. The van der Waals surface area contributed by atoms with E-state index in [-0.39, 0.29) is 17.3 Å². The molecule has 38 heavy (non-hydrogen) atoms. The van der Waals surface area contributed by atoms with Crippen LogP contribution in [0.4, 0.5) is 5.69 Å². The van der Waals surface area contributed by atoms with E-state index in [4.69, 9.17) is 4.74 Å². The van der Waals surface area contributed by atoms with E-state index in [1.54, 1.807) is 42.5 Å². The molecule has 3 aromatic carbocycles. The number of benzene rings is 3. The fourth-order valence-corrected chi connectivity index (χ4v) is 5.63. The molecule has 9 heteroatoms. The molecule has 0 saturated carbocycles. The van der Waals surface area contributed by atoms with E-state index in [1.165, 1.54) is 24.1 Å². The van der Waals surface area contributed by atoms with Crippen molar-refractivity contribution < 1.29 is 22.7 Å². The van der Waals surface area contributed by atoms with Gasteiger partial charge in [0.15, 0.2) is 0 Å². The highest BCUT2D eigenvalue weighted by Crippen LogP contribution is 2.26. The predicted molar refractivity (Wildman–Crippen MR) is 148 cm³/mol. The largest absolute Gasteiger partial charge is 0.497 e. The van der Waals surface area contributed by atoms with Crippen LogP contribution in [0.25, 0.3) is 0 Å². The van der Waals surface area contributed by atoms with Gasteiger partial charge in [0.05, 0.1) is 17.7 Å². The highest BCUT2D eigenvalue weighted by Gasteiger charge is 2.33. The van der Waals surface area contributed by atoms with Crippen LogP contribution in [0.5, 0.6) is 5.75 Å². The number of hydrogen-bond donors (Lipinski definition) is 1. The lowest BCUT2D eigenvalue weighted by Gasteiger charge is -2.33. The summed E-state index contributed by atoms with van der Waals surface area (Å²) >= 11 is 0. The molecule has 0 fully saturated rings. The number of anilines is 1. The van der Waals surface area contributed by atoms with Crippen LogP contribution in [-0.4, -0.2) is 51.4 Å². The van der Waals surface area contributed by atoms with Gasteiger partial charge >= 0.3 is 0 Å². The monoisotopic (exact) mass is 537 g/mol. The first kappa shape index (κ1) is 28.7. The van der Waals surface area contributed by atoms with Crippen LogP contribution in [0.2, 0.25) is 0 Å². The molecule has 0 saturated heterocycles. The zero-order chi connectivity index (χ0) is 27.7. The maximum Gasteiger partial charge on any atom is 0.264 e. The second-order valence-electron chi connectivity index (χ2n) is 8.85. The predicted octanol–water partition coefficient (Wildman–Crippen LogP) is 4.14. The maximum absolute atomic E-state index is 13.9. The van der Waals surface area contributed by atoms with Crippen molar-refractivity contribution in [2.75, 3.05) is 24.5 Å². The van der Waals surface area contributed by atoms with E-state index in [1.807, 2.05) is 45.0 Å². The van der Waals surface area contributed by atoms with E-state index in [9.17, 15) is 18.0 Å². The highest BCUT2D eigenvalue weighted by molar-refractivity contribution is 7.92. The van der Waals surface area contributed by atoms with Gasteiger partial charge < -0.3 is 15.0 Å². The first-order chi connectivity index (χ1) is 18.2. The molecule has 0 radical (unpaired) electrons. The van der Waals surface area contributed by atoms with Crippen molar-refractivity contribution in [1.29, 1.82) is 0 Å². The van der Waals surface area contributed by atoms with Crippen molar-refractivity contribution in [2.45, 2.75) is 44.7 Å². The number of amides is 2. The van der Waals surface area contributed by atoms with Gasteiger partial charge in [0, 0.05) is 13.1 Å². The first-order valence-corrected chi connectivity index (χ1v) is 14.0. The Morgan fingerprint density at radius 2 is 1.63 bits per heavy atom. The average molecular weight is 538 g/mol. The Morgan fingerprint density at radius 1 is 0.947 bits per heavy atom. The van der Waals surface area contributed by atoms with Crippen molar-refractivity contribution in [3.8, 4) is 5.75 Å². The summed E-state index contributed by atoms with van der Waals surface area (Å²) in [5.41, 5.74) is 2.22. The Morgan fingerprint density at radius 3 is 2.21 bits per heavy atom. The minimum Gasteiger partial charge on any atom is -0.497 e. The minimum atomic E-state index is -4.12. The Hall–Kier alpha value is -3.85. The van der Waals surface area contributed by atoms with Crippen molar-refractivity contribution in [1.82, 2.24) is 10.2 Å². The lowest BCUT2D eigenvalue weighted by Crippen LogP contribution is -2.52. The van der Waals surface area contributed by atoms with Crippen molar-refractivity contribution in [3.05, 3.63) is 90.0 Å². The highest BCUT2D eigenvalue weighted by atomic mass is 32.2. The van der Waals surface area contributed by atoms with Crippen molar-refractivity contribution >= 4 is 27.5 Å². The van der Waals surface area contributed by atoms with Crippen molar-refractivity contribution in [2.24, 2.45) is 0 Å². The van der Waals surface area contributed by atoms with Gasteiger partial charge in [-0.3, -0.25) is 13.9 Å². The smallest absolute Gasteiger partial charge is 0.264 e. The number of ether oxygens (including phenoxy) is 1. The number of nitrogens with one attached hydrogen (secondary N) is 1. The molecule has 1 unspecified atom stereocenters. The normalized spacial score (nSPS) is 11.9. The number of methoxy groups -OCH3 is 1. The SMILES string of the molecule is CCNC(=O)C(CC)N(Cc1cccc(C)c1)C(=O)CN(c1ccccc1)S(=O)(=O)c1ccc(OC)cc1. The minimum absolute atomic E-state index is 0.0240. The van der Waals surface area contributed by atoms with Crippen LogP contribution >= 0.6 is 0 Å². The molecule has 0 aliphatic rings. The number of hydrogen-bond acceptors (Lipinski definition) is 5. The number of para-hydroxylation sites is 1. The van der Waals surface area contributed by atoms with E-state index in [0.717, 1.165) is 15.4 Å². The Bertz CT molecular complexity index is 1330. The summed E-state index contributed by atoms with van der Waals surface area (Å²) in [7, 11) is -2.62. The average Bonchev–Trinajstić information content (AvgIpc) is 2.92. The number of carbonyl (C=O) groups excluding carboxylic acids is 2. The second-order valence-corrected chi connectivity index (χ2v) is 10.7. The van der Waals surface area contributed by atoms with Crippen LogP contribution in [0.1, 0.15) is 31.4 Å². The van der Waals surface area contributed by atoms with Crippen molar-refractivity contribution in [3.63, 3.8) is 0 Å². The van der Waals surface area contributed by atoms with Gasteiger partial charge in [-0.1, -0.05) is 55.0 Å². The summed E-state index contributed by atoms with van der Waals surface area (Å²) in [6.07, 6.45) is 0.375. The summed E-state index contributed by atoms with van der Waals surface area (Å²) < 4.78 is 33.9. The number of aryl methyl sites for hydroxylation is 1. The lowest BCUT2D eigenvalue weighted by molar-refractivity contribution is -0.140. The van der Waals surface area contributed by atoms with Gasteiger partial charge in [0.25, 0.3) is 10.0 Å². The van der Waals surface area contributed by atoms with E-state index in [0.29, 0.717) is 24.4 Å². The van der Waals surface area contributed by atoms with E-state index >= 15 is 0 Å². The van der Waals surface area contributed by atoms with Crippen LogP contribution in [0.15, 0.2) is 83.8 Å². The number of nitrogens with zero attached hydrogens (tertiary/aromatic N) is 2. The Kier molecular flexibility index (Phi) is 9.90. The zero-order valence-electron chi connectivity index (χ0n) is 22.3. The third-order valence-corrected chi connectivity index (χ3v) is 7.93. The fourth-order valence-electron chi connectivity index (χ4n) is 4.22. The molecule has 1 atom stereocenters. The molecule has 3 aromatic rings. The van der Waals surface area contributed by atoms with Gasteiger partial charge in [-0.15, -0.1) is 0 Å². The third kappa shape index (κ3) is 6.92. The Labute approximate surface area is 225 Å². The summed E-state index contributed by atoms with van der Waals surface area (Å²) in [5, 5.41) is 2.80. The molecule has 3 rings (SSSR count). The van der Waals surface area contributed by atoms with Crippen LogP contribution in [-0.2, 0) is 26.2 Å². The molecular weight excluding hydrogens is 502 g/mol. The molecule has 2 amide bonds. The Balaban J connectivity index is 2.03. The summed E-state index contributed by atoms with van der Waals surface area (Å²) in [6.45, 7) is 5.72. The summed E-state index contributed by atoms with van der Waals surface area (Å²) in [5.74, 6) is -0.242.